The van der Waals surface area contributed by atoms with Gasteiger partial charge in [-0.25, -0.2) is 9.97 Å². The second-order valence-corrected chi connectivity index (χ2v) is 6.72. The van der Waals surface area contributed by atoms with Crippen LogP contribution in [0.5, 0.6) is 0 Å². The highest BCUT2D eigenvalue weighted by atomic mass is 32.1. The van der Waals surface area contributed by atoms with Gasteiger partial charge >= 0.3 is 0 Å². The number of aliphatic hydroxyl groups is 1. The van der Waals surface area contributed by atoms with Crippen LogP contribution in [0, 0.1) is 5.92 Å². The Morgan fingerprint density at radius 3 is 2.88 bits per heavy atom. The molecular formula is C17H20N4O2S. The number of carbonyl (C=O) groups is 1. The predicted octanol–water partition coefficient (Wildman–Crippen LogP) is 2.29. The number of thiazole rings is 1. The van der Waals surface area contributed by atoms with Crippen molar-refractivity contribution in [2.24, 2.45) is 5.92 Å². The van der Waals surface area contributed by atoms with E-state index in [1.807, 2.05) is 48.1 Å². The van der Waals surface area contributed by atoms with Gasteiger partial charge in [-0.05, 0) is 18.1 Å². The Labute approximate surface area is 144 Å². The number of nitrogens with zero attached hydrogens (tertiary/aromatic N) is 3. The quantitative estimate of drug-likeness (QED) is 0.719. The average Bonchev–Trinajstić information content (AvgIpc) is 3.20. The van der Waals surface area contributed by atoms with Crippen molar-refractivity contribution in [2.75, 3.05) is 6.54 Å². The number of imidazole rings is 1. The molecule has 0 bridgehead atoms. The maximum absolute atomic E-state index is 12.3. The zero-order chi connectivity index (χ0) is 17.1. The molecule has 126 valence electrons. The van der Waals surface area contributed by atoms with Crippen LogP contribution in [0.3, 0.4) is 0 Å². The fourth-order valence-electron chi connectivity index (χ4n) is 2.41. The summed E-state index contributed by atoms with van der Waals surface area (Å²) < 4.78 is 1.86. The fraction of sp³-hybridized carbons (Fsp3) is 0.353. The largest absolute Gasteiger partial charge is 0.391 e. The third-order valence-corrected chi connectivity index (χ3v) is 4.48. The number of hydrogen-bond acceptors (Lipinski definition) is 5. The van der Waals surface area contributed by atoms with Gasteiger partial charge in [0.25, 0.3) is 0 Å². The van der Waals surface area contributed by atoms with Gasteiger partial charge in [-0.3, -0.25) is 4.79 Å². The van der Waals surface area contributed by atoms with E-state index in [4.69, 9.17) is 0 Å². The number of benzene rings is 1. The van der Waals surface area contributed by atoms with Crippen molar-refractivity contribution in [3.63, 3.8) is 0 Å². The summed E-state index contributed by atoms with van der Waals surface area (Å²) in [6.45, 7) is 4.22. The normalized spacial score (nSPS) is 12.7. The molecule has 3 rings (SSSR count). The number of hydrogen-bond donors (Lipinski definition) is 2. The molecule has 1 aromatic carbocycles. The van der Waals surface area contributed by atoms with Crippen LogP contribution < -0.4 is 5.32 Å². The molecular weight excluding hydrogens is 324 g/mol. The van der Waals surface area contributed by atoms with Crippen molar-refractivity contribution in [2.45, 2.75) is 26.5 Å². The summed E-state index contributed by atoms with van der Waals surface area (Å²) in [5.74, 6) is 0.622. The Morgan fingerprint density at radius 2 is 2.17 bits per heavy atom. The van der Waals surface area contributed by atoms with Crippen molar-refractivity contribution in [1.82, 2.24) is 19.9 Å². The van der Waals surface area contributed by atoms with E-state index in [1.165, 1.54) is 11.3 Å². The summed E-state index contributed by atoms with van der Waals surface area (Å²) in [6, 6.07) is 7.70. The van der Waals surface area contributed by atoms with Crippen LogP contribution in [0.4, 0.5) is 0 Å². The molecule has 0 spiro atoms. The highest BCUT2D eigenvalue weighted by Crippen LogP contribution is 2.24. The van der Waals surface area contributed by atoms with Crippen molar-refractivity contribution in [3.8, 4) is 11.5 Å². The summed E-state index contributed by atoms with van der Waals surface area (Å²) in [4.78, 5) is 21.2. The van der Waals surface area contributed by atoms with E-state index in [2.05, 4.69) is 15.3 Å². The molecule has 6 nitrogen and oxygen atoms in total. The Balaban J connectivity index is 1.85. The van der Waals surface area contributed by atoms with Crippen molar-refractivity contribution in [3.05, 3.63) is 35.2 Å². The molecule has 2 aromatic heterocycles. The number of rotatable bonds is 6. The second kappa shape index (κ2) is 7.11. The molecule has 0 aliphatic carbocycles. The van der Waals surface area contributed by atoms with Crippen molar-refractivity contribution in [1.29, 1.82) is 0 Å². The van der Waals surface area contributed by atoms with Gasteiger partial charge in [-0.1, -0.05) is 26.0 Å². The van der Waals surface area contributed by atoms with Crippen LogP contribution in [0.1, 0.15) is 13.8 Å². The number of aliphatic hydroxyl groups excluding tert-OH is 1. The van der Waals surface area contributed by atoms with Gasteiger partial charge in [0, 0.05) is 11.9 Å². The van der Waals surface area contributed by atoms with E-state index in [0.717, 1.165) is 16.7 Å². The number of amides is 1. The van der Waals surface area contributed by atoms with Crippen LogP contribution in [0.2, 0.25) is 0 Å². The van der Waals surface area contributed by atoms with Gasteiger partial charge in [0.1, 0.15) is 12.2 Å². The highest BCUT2D eigenvalue weighted by Gasteiger charge is 2.17. The number of para-hydroxylation sites is 2. The minimum Gasteiger partial charge on any atom is -0.391 e. The molecule has 0 aliphatic heterocycles. The molecule has 7 heteroatoms. The molecule has 3 aromatic rings. The predicted molar refractivity (Wildman–Crippen MR) is 94.7 cm³/mol. The third-order valence-electron chi connectivity index (χ3n) is 3.90. The third kappa shape index (κ3) is 3.47. The summed E-state index contributed by atoms with van der Waals surface area (Å²) in [6.07, 6.45) is -0.550. The SMILES string of the molecule is CC(C)C(O)CNC(=O)Cn1c(-c2cscn2)nc2ccccc21. The first kappa shape index (κ1) is 16.6. The molecule has 2 N–H and O–H groups in total. The second-order valence-electron chi connectivity index (χ2n) is 6.00. The number of carbonyl (C=O) groups excluding carboxylic acids is 1. The maximum Gasteiger partial charge on any atom is 0.240 e. The smallest absolute Gasteiger partial charge is 0.240 e. The fourth-order valence-corrected chi connectivity index (χ4v) is 2.94. The lowest BCUT2D eigenvalue weighted by atomic mass is 10.1. The molecule has 0 radical (unpaired) electrons. The first-order chi connectivity index (χ1) is 11.6. The Morgan fingerprint density at radius 1 is 1.38 bits per heavy atom. The van der Waals surface area contributed by atoms with Gasteiger partial charge in [0.2, 0.25) is 5.91 Å². The lowest BCUT2D eigenvalue weighted by molar-refractivity contribution is -0.122. The van der Waals surface area contributed by atoms with Crippen LogP contribution in [0.15, 0.2) is 35.2 Å². The molecule has 1 atom stereocenters. The van der Waals surface area contributed by atoms with Gasteiger partial charge in [-0.15, -0.1) is 11.3 Å². The van der Waals surface area contributed by atoms with Gasteiger partial charge < -0.3 is 15.0 Å². The minimum absolute atomic E-state index is 0.102. The lowest BCUT2D eigenvalue weighted by Gasteiger charge is -2.15. The number of nitrogens with one attached hydrogen (secondary N) is 1. The lowest BCUT2D eigenvalue weighted by Crippen LogP contribution is -2.36. The van der Waals surface area contributed by atoms with Gasteiger partial charge in [0.15, 0.2) is 5.82 Å². The monoisotopic (exact) mass is 344 g/mol. The minimum atomic E-state index is -0.550. The molecule has 1 unspecified atom stereocenters. The Hall–Kier alpha value is -2.25. The zero-order valence-corrected chi connectivity index (χ0v) is 14.5. The molecule has 24 heavy (non-hydrogen) atoms. The van der Waals surface area contributed by atoms with Gasteiger partial charge in [-0.2, -0.15) is 0 Å². The van der Waals surface area contributed by atoms with E-state index >= 15 is 0 Å². The molecule has 0 saturated carbocycles. The summed E-state index contributed by atoms with van der Waals surface area (Å²) in [7, 11) is 0. The molecule has 0 aliphatic rings. The van der Waals surface area contributed by atoms with Crippen LogP contribution in [0.25, 0.3) is 22.6 Å². The standard InChI is InChI=1S/C17H20N4O2S/c1-11(2)15(22)7-18-16(23)8-21-14-6-4-3-5-12(14)20-17(21)13-9-24-10-19-13/h3-6,9-11,15,22H,7-8H2,1-2H3,(H,18,23). The number of fused-ring (bicyclic) bond motifs is 1. The molecule has 1 amide bonds. The Kier molecular flexibility index (Phi) is 4.92. The van der Waals surface area contributed by atoms with Crippen molar-refractivity contribution >= 4 is 28.3 Å². The van der Waals surface area contributed by atoms with Crippen LogP contribution >= 0.6 is 11.3 Å². The van der Waals surface area contributed by atoms with E-state index in [0.29, 0.717) is 5.82 Å². The van der Waals surface area contributed by atoms with Crippen molar-refractivity contribution < 1.29 is 9.90 Å². The van der Waals surface area contributed by atoms with Gasteiger partial charge in [0.05, 0.1) is 22.6 Å². The van der Waals surface area contributed by atoms with E-state index < -0.39 is 6.10 Å². The molecule has 0 fully saturated rings. The summed E-state index contributed by atoms with van der Waals surface area (Å²) >= 11 is 1.49. The average molecular weight is 344 g/mol. The molecule has 0 saturated heterocycles. The van der Waals surface area contributed by atoms with Crippen LogP contribution in [-0.2, 0) is 11.3 Å². The summed E-state index contributed by atoms with van der Waals surface area (Å²) in [5, 5.41) is 14.5. The zero-order valence-electron chi connectivity index (χ0n) is 13.6. The topological polar surface area (TPSA) is 80.0 Å². The highest BCUT2D eigenvalue weighted by molar-refractivity contribution is 7.07. The Bertz CT molecular complexity index is 826. The maximum atomic E-state index is 12.3. The van der Waals surface area contributed by atoms with E-state index in [9.17, 15) is 9.90 Å². The first-order valence-corrected chi connectivity index (χ1v) is 8.79. The van der Waals surface area contributed by atoms with E-state index in [1.54, 1.807) is 5.51 Å². The van der Waals surface area contributed by atoms with E-state index in [-0.39, 0.29) is 24.9 Å². The first-order valence-electron chi connectivity index (χ1n) is 7.85. The summed E-state index contributed by atoms with van der Waals surface area (Å²) in [5.41, 5.74) is 4.22. The number of aromatic nitrogens is 3. The van der Waals surface area contributed by atoms with Crippen LogP contribution in [-0.4, -0.2) is 38.2 Å². The molecule has 2 heterocycles.